The average Bonchev–Trinajstić information content (AvgIpc) is 3.08. The molecule has 0 radical (unpaired) electrons. The van der Waals surface area contributed by atoms with Gasteiger partial charge in [0.25, 0.3) is 0 Å². The third-order valence-electron chi connectivity index (χ3n) is 4.89. The SMILES string of the molecule is CCOC(=O)c1nn(C)c2c1CN(C(=O)NCc1ccc(OC)c(OC)c1)CC2. The van der Waals surface area contributed by atoms with Crippen LogP contribution in [-0.2, 0) is 31.3 Å². The van der Waals surface area contributed by atoms with Gasteiger partial charge in [-0.2, -0.15) is 5.10 Å². The zero-order chi connectivity index (χ0) is 21.0. The van der Waals surface area contributed by atoms with Crippen molar-refractivity contribution in [1.29, 1.82) is 0 Å². The minimum absolute atomic E-state index is 0.205. The minimum atomic E-state index is -0.461. The summed E-state index contributed by atoms with van der Waals surface area (Å²) in [4.78, 5) is 26.6. The lowest BCUT2D eigenvalue weighted by molar-refractivity contribution is 0.0516. The molecule has 2 amide bonds. The van der Waals surface area contributed by atoms with Crippen molar-refractivity contribution >= 4 is 12.0 Å². The summed E-state index contributed by atoms with van der Waals surface area (Å²) in [6, 6.07) is 5.29. The molecule has 156 valence electrons. The van der Waals surface area contributed by atoms with E-state index >= 15 is 0 Å². The normalized spacial score (nSPS) is 12.9. The molecule has 2 heterocycles. The number of benzene rings is 1. The summed E-state index contributed by atoms with van der Waals surface area (Å²) < 4.78 is 17.3. The number of esters is 1. The van der Waals surface area contributed by atoms with E-state index in [1.807, 2.05) is 12.1 Å². The Labute approximate surface area is 169 Å². The molecular weight excluding hydrogens is 376 g/mol. The second-order valence-electron chi connectivity index (χ2n) is 6.64. The van der Waals surface area contributed by atoms with Gasteiger partial charge in [0, 0.05) is 37.8 Å². The number of ether oxygens (including phenoxy) is 3. The Bertz CT molecular complexity index is 909. The van der Waals surface area contributed by atoms with Crippen LogP contribution < -0.4 is 14.8 Å². The smallest absolute Gasteiger partial charge is 0.359 e. The first-order valence-electron chi connectivity index (χ1n) is 9.44. The molecule has 0 unspecified atom stereocenters. The van der Waals surface area contributed by atoms with E-state index in [1.54, 1.807) is 43.8 Å². The molecule has 1 N–H and O–H groups in total. The first kappa shape index (κ1) is 20.5. The van der Waals surface area contributed by atoms with Crippen molar-refractivity contribution in [2.24, 2.45) is 7.05 Å². The molecular formula is C20H26N4O5. The van der Waals surface area contributed by atoms with Crippen LogP contribution in [0.2, 0.25) is 0 Å². The van der Waals surface area contributed by atoms with Gasteiger partial charge in [0.2, 0.25) is 0 Å². The molecule has 0 saturated carbocycles. The number of aryl methyl sites for hydroxylation is 1. The fraction of sp³-hybridized carbons (Fsp3) is 0.450. The van der Waals surface area contributed by atoms with Crippen LogP contribution in [0.15, 0.2) is 18.2 Å². The quantitative estimate of drug-likeness (QED) is 0.742. The maximum Gasteiger partial charge on any atom is 0.359 e. The molecule has 0 fully saturated rings. The second-order valence-corrected chi connectivity index (χ2v) is 6.64. The van der Waals surface area contributed by atoms with Gasteiger partial charge in [-0.05, 0) is 24.6 Å². The molecule has 1 aromatic heterocycles. The molecule has 3 rings (SSSR count). The third kappa shape index (κ3) is 4.28. The molecule has 1 aliphatic heterocycles. The Hall–Kier alpha value is -3.23. The van der Waals surface area contributed by atoms with Crippen LogP contribution in [0, 0.1) is 0 Å². The van der Waals surface area contributed by atoms with E-state index in [0.29, 0.717) is 37.6 Å². The molecule has 9 nitrogen and oxygen atoms in total. The van der Waals surface area contributed by atoms with E-state index in [1.165, 1.54) is 0 Å². The number of rotatable bonds is 6. The summed E-state index contributed by atoms with van der Waals surface area (Å²) >= 11 is 0. The van der Waals surface area contributed by atoms with Crippen molar-refractivity contribution in [2.75, 3.05) is 27.4 Å². The average molecular weight is 402 g/mol. The summed E-state index contributed by atoms with van der Waals surface area (Å²) in [6.45, 7) is 3.24. The zero-order valence-corrected chi connectivity index (χ0v) is 17.2. The van der Waals surface area contributed by atoms with Gasteiger partial charge in [0.15, 0.2) is 17.2 Å². The molecule has 1 aliphatic rings. The maximum absolute atomic E-state index is 12.7. The molecule has 0 atom stereocenters. The summed E-state index contributed by atoms with van der Waals surface area (Å²) in [5.74, 6) is 0.780. The predicted octanol–water partition coefficient (Wildman–Crippen LogP) is 1.88. The second kappa shape index (κ2) is 8.85. The minimum Gasteiger partial charge on any atom is -0.493 e. The van der Waals surface area contributed by atoms with E-state index in [2.05, 4.69) is 10.4 Å². The first-order valence-corrected chi connectivity index (χ1v) is 9.44. The molecule has 2 aromatic rings. The van der Waals surface area contributed by atoms with Crippen LogP contribution in [0.1, 0.15) is 34.2 Å². The highest BCUT2D eigenvalue weighted by molar-refractivity contribution is 5.89. The number of urea groups is 1. The molecule has 1 aromatic carbocycles. The fourth-order valence-corrected chi connectivity index (χ4v) is 3.41. The Kier molecular flexibility index (Phi) is 6.26. The monoisotopic (exact) mass is 402 g/mol. The van der Waals surface area contributed by atoms with Gasteiger partial charge < -0.3 is 24.4 Å². The van der Waals surface area contributed by atoms with Crippen molar-refractivity contribution in [2.45, 2.75) is 26.4 Å². The highest BCUT2D eigenvalue weighted by Gasteiger charge is 2.29. The number of carbonyl (C=O) groups excluding carboxylic acids is 2. The maximum atomic E-state index is 12.7. The van der Waals surface area contributed by atoms with Crippen molar-refractivity contribution in [3.63, 3.8) is 0 Å². The fourth-order valence-electron chi connectivity index (χ4n) is 3.41. The Morgan fingerprint density at radius 1 is 1.21 bits per heavy atom. The molecule has 0 bridgehead atoms. The van der Waals surface area contributed by atoms with E-state index in [4.69, 9.17) is 14.2 Å². The zero-order valence-electron chi connectivity index (χ0n) is 17.2. The number of nitrogens with one attached hydrogen (secondary N) is 1. The van der Waals surface area contributed by atoms with Crippen LogP contribution in [0.25, 0.3) is 0 Å². The highest BCUT2D eigenvalue weighted by Crippen LogP contribution is 2.27. The number of nitrogens with zero attached hydrogens (tertiary/aromatic N) is 3. The lowest BCUT2D eigenvalue weighted by atomic mass is 10.1. The van der Waals surface area contributed by atoms with Gasteiger partial charge in [0.05, 0.1) is 27.4 Å². The lowest BCUT2D eigenvalue weighted by Gasteiger charge is -2.27. The van der Waals surface area contributed by atoms with E-state index in [0.717, 1.165) is 16.8 Å². The van der Waals surface area contributed by atoms with Crippen LogP contribution in [0.3, 0.4) is 0 Å². The van der Waals surface area contributed by atoms with Crippen molar-refractivity contribution in [1.82, 2.24) is 20.0 Å². The Morgan fingerprint density at radius 3 is 2.66 bits per heavy atom. The van der Waals surface area contributed by atoms with Gasteiger partial charge in [-0.3, -0.25) is 4.68 Å². The van der Waals surface area contributed by atoms with Gasteiger partial charge in [-0.1, -0.05) is 6.07 Å². The standard InChI is InChI=1S/C20H26N4O5/c1-5-29-19(25)18-14-12-24(9-8-15(14)23(2)22-18)20(26)21-11-13-6-7-16(27-3)17(10-13)28-4/h6-7,10H,5,8-9,11-12H2,1-4H3,(H,21,26). The predicted molar refractivity (Wildman–Crippen MR) is 105 cm³/mol. The number of carbonyl (C=O) groups is 2. The number of hydrogen-bond acceptors (Lipinski definition) is 6. The van der Waals surface area contributed by atoms with Gasteiger partial charge in [-0.25, -0.2) is 9.59 Å². The molecule has 0 saturated heterocycles. The van der Waals surface area contributed by atoms with Gasteiger partial charge >= 0.3 is 12.0 Å². The van der Waals surface area contributed by atoms with Crippen LogP contribution in [0.4, 0.5) is 4.79 Å². The first-order chi connectivity index (χ1) is 14.0. The topological polar surface area (TPSA) is 94.9 Å². The van der Waals surface area contributed by atoms with Crippen molar-refractivity contribution in [3.8, 4) is 11.5 Å². The summed E-state index contributed by atoms with van der Waals surface area (Å²) in [5.41, 5.74) is 2.87. The summed E-state index contributed by atoms with van der Waals surface area (Å²) in [7, 11) is 4.95. The van der Waals surface area contributed by atoms with Crippen LogP contribution in [0.5, 0.6) is 11.5 Å². The van der Waals surface area contributed by atoms with Crippen molar-refractivity contribution < 1.29 is 23.8 Å². The largest absolute Gasteiger partial charge is 0.493 e. The lowest BCUT2D eigenvalue weighted by Crippen LogP contribution is -2.42. The molecule has 29 heavy (non-hydrogen) atoms. The number of hydrogen-bond donors (Lipinski definition) is 1. The van der Waals surface area contributed by atoms with Gasteiger partial charge in [0.1, 0.15) is 0 Å². The van der Waals surface area contributed by atoms with E-state index in [9.17, 15) is 9.59 Å². The van der Waals surface area contributed by atoms with Crippen molar-refractivity contribution in [3.05, 3.63) is 40.7 Å². The Balaban J connectivity index is 1.67. The van der Waals surface area contributed by atoms with E-state index in [-0.39, 0.29) is 18.3 Å². The van der Waals surface area contributed by atoms with Gasteiger partial charge in [-0.15, -0.1) is 0 Å². The number of methoxy groups -OCH3 is 2. The number of fused-ring (bicyclic) bond motifs is 1. The molecule has 0 spiro atoms. The number of aromatic nitrogens is 2. The molecule has 9 heteroatoms. The third-order valence-corrected chi connectivity index (χ3v) is 4.89. The van der Waals surface area contributed by atoms with E-state index < -0.39 is 5.97 Å². The molecule has 0 aliphatic carbocycles. The highest BCUT2D eigenvalue weighted by atomic mass is 16.5. The van der Waals surface area contributed by atoms with Crippen LogP contribution >= 0.6 is 0 Å². The Morgan fingerprint density at radius 2 is 1.97 bits per heavy atom. The summed E-state index contributed by atoms with van der Waals surface area (Å²) in [6.07, 6.45) is 0.627. The summed E-state index contributed by atoms with van der Waals surface area (Å²) in [5, 5.41) is 7.21. The number of amides is 2. The van der Waals surface area contributed by atoms with Crippen LogP contribution in [-0.4, -0.2) is 54.1 Å².